The molecule has 3 atom stereocenters. The number of carbonyl (C=O) groups is 1. The number of nitrogens with one attached hydrogen (secondary N) is 1. The molecule has 0 radical (unpaired) electrons. The van der Waals surface area contributed by atoms with Crippen molar-refractivity contribution in [2.75, 3.05) is 13.1 Å². The highest BCUT2D eigenvalue weighted by molar-refractivity contribution is 5.89. The summed E-state index contributed by atoms with van der Waals surface area (Å²) in [5, 5.41) is 27.0. The van der Waals surface area contributed by atoms with Gasteiger partial charge in [-0.05, 0) is 93.4 Å². The Kier molecular flexibility index (Phi) is 7.74. The third-order valence-electron chi connectivity index (χ3n) is 9.66. The molecule has 3 aliphatic rings. The number of rotatable bonds is 9. The van der Waals surface area contributed by atoms with Crippen LogP contribution in [0.5, 0.6) is 5.75 Å². The molecule has 2 N–H and O–H groups in total. The number of carboxylic acid groups (broad SMARTS) is 1. The quantitative estimate of drug-likeness (QED) is 0.237. The van der Waals surface area contributed by atoms with E-state index in [1.54, 1.807) is 4.68 Å². The minimum Gasteiger partial charge on any atom is -0.490 e. The van der Waals surface area contributed by atoms with Gasteiger partial charge in [-0.3, -0.25) is 0 Å². The molecular formula is C34H40N6O3. The van der Waals surface area contributed by atoms with Crippen LogP contribution in [0.15, 0.2) is 60.9 Å². The van der Waals surface area contributed by atoms with E-state index in [0.717, 1.165) is 66.3 Å². The highest BCUT2D eigenvalue weighted by Gasteiger charge is 2.46. The van der Waals surface area contributed by atoms with E-state index in [2.05, 4.69) is 58.1 Å². The number of aromatic carboxylic acids is 1. The number of hydrogen-bond acceptors (Lipinski definition) is 6. The van der Waals surface area contributed by atoms with E-state index >= 15 is 0 Å². The summed E-state index contributed by atoms with van der Waals surface area (Å²) >= 11 is 0. The second kappa shape index (κ2) is 12.0. The molecule has 2 saturated carbocycles. The van der Waals surface area contributed by atoms with Gasteiger partial charge >= 0.3 is 5.97 Å². The summed E-state index contributed by atoms with van der Waals surface area (Å²) in [6, 6.07) is 16.8. The van der Waals surface area contributed by atoms with E-state index in [1.807, 2.05) is 28.9 Å². The average molecular weight is 581 g/mol. The van der Waals surface area contributed by atoms with Crippen molar-refractivity contribution in [3.63, 3.8) is 0 Å². The standard InChI is InChI=1S/C34H40N6O3/c1-22(23-7-3-2-4-8-23)43-28-12-6-10-25(18-28)24-9-5-11-27(17-24)40-33(31(20-36-40)34(41)42)30-19-29(30)32-21-39(38-37-32)26-13-15-35-16-14-26/h5-6,9-12,17-18,20-23,26,29-30,35H,2-4,7-8,13-16,19H2,1H3,(H,41,42)/t22-,29+,30+/m0/s1. The first-order chi connectivity index (χ1) is 21.0. The lowest BCUT2D eigenvalue weighted by atomic mass is 9.86. The lowest BCUT2D eigenvalue weighted by molar-refractivity contribution is 0.0695. The Labute approximate surface area is 252 Å². The number of benzene rings is 2. The minimum absolute atomic E-state index is 0.0217. The molecule has 0 unspecified atom stereocenters. The SMILES string of the molecule is C[C@H](Oc1cccc(-c2cccc(-n3ncc(C(=O)O)c3[C@@H]3C[C@H]3c3cn(C4CCNCC4)nn3)c2)c1)C1CCCCC1. The van der Waals surface area contributed by atoms with Crippen molar-refractivity contribution in [3.8, 4) is 22.6 Å². The van der Waals surface area contributed by atoms with Crippen LogP contribution in [0.1, 0.15) is 97.9 Å². The van der Waals surface area contributed by atoms with Crippen LogP contribution < -0.4 is 10.1 Å². The van der Waals surface area contributed by atoms with Crippen LogP contribution in [0, 0.1) is 5.92 Å². The van der Waals surface area contributed by atoms with E-state index in [-0.39, 0.29) is 23.5 Å². The van der Waals surface area contributed by atoms with E-state index in [1.165, 1.54) is 38.3 Å². The average Bonchev–Trinajstić information content (AvgIpc) is 3.45. The van der Waals surface area contributed by atoms with Crippen molar-refractivity contribution in [1.82, 2.24) is 30.1 Å². The fourth-order valence-electron chi connectivity index (χ4n) is 7.10. The summed E-state index contributed by atoms with van der Waals surface area (Å²) in [7, 11) is 0. The summed E-state index contributed by atoms with van der Waals surface area (Å²) in [4.78, 5) is 12.3. The smallest absolute Gasteiger partial charge is 0.339 e. The van der Waals surface area contributed by atoms with Crippen LogP contribution in [0.4, 0.5) is 0 Å². The van der Waals surface area contributed by atoms with Gasteiger partial charge in [0.1, 0.15) is 11.3 Å². The molecule has 2 aromatic heterocycles. The van der Waals surface area contributed by atoms with Crippen molar-refractivity contribution < 1.29 is 14.6 Å². The molecule has 43 heavy (non-hydrogen) atoms. The third-order valence-corrected chi connectivity index (χ3v) is 9.66. The normalized spacial score (nSPS) is 21.9. The van der Waals surface area contributed by atoms with Crippen molar-refractivity contribution >= 4 is 5.97 Å². The van der Waals surface area contributed by atoms with E-state index in [9.17, 15) is 9.90 Å². The van der Waals surface area contributed by atoms with Gasteiger partial charge in [-0.25, -0.2) is 14.2 Å². The molecule has 1 saturated heterocycles. The highest BCUT2D eigenvalue weighted by Crippen LogP contribution is 2.55. The Morgan fingerprint density at radius 2 is 1.77 bits per heavy atom. The van der Waals surface area contributed by atoms with Crippen molar-refractivity contribution in [3.05, 3.63) is 77.9 Å². The Hall–Kier alpha value is -3.98. The maximum absolute atomic E-state index is 12.3. The molecule has 2 aliphatic carbocycles. The van der Waals surface area contributed by atoms with Gasteiger partial charge < -0.3 is 15.2 Å². The van der Waals surface area contributed by atoms with Gasteiger partial charge in [0, 0.05) is 18.0 Å². The lowest BCUT2D eigenvalue weighted by Gasteiger charge is -2.28. The first-order valence-electron chi connectivity index (χ1n) is 15.9. The highest BCUT2D eigenvalue weighted by atomic mass is 16.5. The molecule has 4 aromatic rings. The lowest BCUT2D eigenvalue weighted by Crippen LogP contribution is -2.29. The predicted octanol–water partition coefficient (Wildman–Crippen LogP) is 6.37. The molecule has 1 aliphatic heterocycles. The fourth-order valence-corrected chi connectivity index (χ4v) is 7.10. The van der Waals surface area contributed by atoms with Crippen molar-refractivity contribution in [2.45, 2.75) is 82.3 Å². The molecule has 9 heteroatoms. The molecule has 3 heterocycles. The van der Waals surface area contributed by atoms with Gasteiger partial charge in [0.05, 0.1) is 35.4 Å². The Morgan fingerprint density at radius 1 is 1.00 bits per heavy atom. The monoisotopic (exact) mass is 580 g/mol. The number of hydrogen-bond donors (Lipinski definition) is 2. The topological polar surface area (TPSA) is 107 Å². The van der Waals surface area contributed by atoms with Crippen LogP contribution in [-0.4, -0.2) is 55.0 Å². The van der Waals surface area contributed by atoms with Crippen LogP contribution in [0.3, 0.4) is 0 Å². The van der Waals surface area contributed by atoms with Crippen LogP contribution >= 0.6 is 0 Å². The van der Waals surface area contributed by atoms with Crippen LogP contribution in [-0.2, 0) is 0 Å². The first-order valence-corrected chi connectivity index (χ1v) is 15.9. The number of carboxylic acids is 1. The second-order valence-electron chi connectivity index (χ2n) is 12.5. The number of aromatic nitrogens is 5. The van der Waals surface area contributed by atoms with E-state index in [4.69, 9.17) is 4.74 Å². The molecular weight excluding hydrogens is 540 g/mol. The predicted molar refractivity (Wildman–Crippen MR) is 164 cm³/mol. The molecule has 224 valence electrons. The van der Waals surface area contributed by atoms with Gasteiger partial charge in [-0.15, -0.1) is 5.10 Å². The molecule has 0 amide bonds. The molecule has 3 fully saturated rings. The van der Waals surface area contributed by atoms with Gasteiger partial charge in [0.25, 0.3) is 0 Å². The largest absolute Gasteiger partial charge is 0.490 e. The third kappa shape index (κ3) is 5.83. The maximum atomic E-state index is 12.3. The Balaban J connectivity index is 1.13. The van der Waals surface area contributed by atoms with Crippen LogP contribution in [0.2, 0.25) is 0 Å². The molecule has 0 bridgehead atoms. The zero-order valence-electron chi connectivity index (χ0n) is 24.7. The van der Waals surface area contributed by atoms with E-state index in [0.29, 0.717) is 12.0 Å². The molecule has 2 aromatic carbocycles. The minimum atomic E-state index is -0.960. The van der Waals surface area contributed by atoms with Crippen molar-refractivity contribution in [1.29, 1.82) is 0 Å². The Morgan fingerprint density at radius 3 is 2.56 bits per heavy atom. The maximum Gasteiger partial charge on any atom is 0.339 e. The zero-order valence-corrected chi connectivity index (χ0v) is 24.7. The summed E-state index contributed by atoms with van der Waals surface area (Å²) < 4.78 is 10.2. The Bertz CT molecular complexity index is 1580. The molecule has 9 nitrogen and oxygen atoms in total. The summed E-state index contributed by atoms with van der Waals surface area (Å²) in [6.45, 7) is 4.17. The number of ether oxygens (including phenoxy) is 1. The second-order valence-corrected chi connectivity index (χ2v) is 12.5. The zero-order chi connectivity index (χ0) is 29.3. The van der Waals surface area contributed by atoms with Gasteiger partial charge in [0.15, 0.2) is 0 Å². The first kappa shape index (κ1) is 27.8. The summed E-state index contributed by atoms with van der Waals surface area (Å²) in [5.41, 5.74) is 4.83. The molecule has 0 spiro atoms. The summed E-state index contributed by atoms with van der Waals surface area (Å²) in [6.07, 6.45) is 13.1. The van der Waals surface area contributed by atoms with Crippen LogP contribution in [0.25, 0.3) is 16.8 Å². The molecule has 7 rings (SSSR count). The number of nitrogens with zero attached hydrogens (tertiary/aromatic N) is 5. The van der Waals surface area contributed by atoms with Gasteiger partial charge in [-0.2, -0.15) is 5.10 Å². The van der Waals surface area contributed by atoms with Gasteiger partial charge in [-0.1, -0.05) is 48.7 Å². The fraction of sp³-hybridized carbons (Fsp3) is 0.471. The van der Waals surface area contributed by atoms with E-state index < -0.39 is 5.97 Å². The summed E-state index contributed by atoms with van der Waals surface area (Å²) in [5.74, 6) is 0.689. The van der Waals surface area contributed by atoms with Gasteiger partial charge in [0.2, 0.25) is 0 Å². The number of piperidine rings is 1. The van der Waals surface area contributed by atoms with Crippen molar-refractivity contribution in [2.24, 2.45) is 5.92 Å².